The lowest BCUT2D eigenvalue weighted by Crippen LogP contribution is -2.37. The second-order valence-electron chi connectivity index (χ2n) is 5.41. The number of aromatic nitrogens is 2. The maximum Gasteiger partial charge on any atom is 0.192 e. The Balaban J connectivity index is 2.15. The summed E-state index contributed by atoms with van der Waals surface area (Å²) in [6, 6.07) is 0.444. The maximum absolute atomic E-state index is 8.85. The summed E-state index contributed by atoms with van der Waals surface area (Å²) >= 11 is 0. The molecule has 0 bridgehead atoms. The van der Waals surface area contributed by atoms with Crippen LogP contribution in [0.2, 0.25) is 0 Å². The van der Waals surface area contributed by atoms with E-state index in [1.807, 2.05) is 7.05 Å². The maximum atomic E-state index is 8.85. The lowest BCUT2D eigenvalue weighted by atomic mass is 9.84. The Bertz CT molecular complexity index is 468. The van der Waals surface area contributed by atoms with Crippen molar-refractivity contribution in [2.75, 3.05) is 11.9 Å². The van der Waals surface area contributed by atoms with Gasteiger partial charge in [0.05, 0.1) is 0 Å². The Kier molecular flexibility index (Phi) is 4.76. The Hall–Kier alpha value is -1.85. The molecular formula is C14H23N5O. The van der Waals surface area contributed by atoms with E-state index in [0.29, 0.717) is 17.6 Å². The summed E-state index contributed by atoms with van der Waals surface area (Å²) in [5.41, 5.74) is 6.12. The van der Waals surface area contributed by atoms with E-state index in [4.69, 9.17) is 10.9 Å². The van der Waals surface area contributed by atoms with Crippen LogP contribution in [0.1, 0.15) is 44.7 Å². The molecule has 1 fully saturated rings. The van der Waals surface area contributed by atoms with Gasteiger partial charge >= 0.3 is 0 Å². The van der Waals surface area contributed by atoms with Gasteiger partial charge in [0, 0.05) is 25.5 Å². The molecule has 110 valence electrons. The highest BCUT2D eigenvalue weighted by Gasteiger charge is 2.26. The molecule has 6 heteroatoms. The van der Waals surface area contributed by atoms with Crippen LogP contribution < -0.4 is 10.6 Å². The van der Waals surface area contributed by atoms with Crippen molar-refractivity contribution < 1.29 is 5.21 Å². The van der Waals surface area contributed by atoms with E-state index in [9.17, 15) is 0 Å². The molecule has 1 aliphatic carbocycles. The quantitative estimate of drug-likeness (QED) is 0.380. The van der Waals surface area contributed by atoms with Crippen LogP contribution in [-0.4, -0.2) is 34.1 Å². The summed E-state index contributed by atoms with van der Waals surface area (Å²) in [7, 11) is 2.01. The molecule has 0 aliphatic heterocycles. The molecular weight excluding hydrogens is 254 g/mol. The van der Waals surface area contributed by atoms with Gasteiger partial charge in [0.25, 0.3) is 0 Å². The number of hydrogen-bond donors (Lipinski definition) is 2. The summed E-state index contributed by atoms with van der Waals surface area (Å²) < 4.78 is 0. The molecule has 3 N–H and O–H groups in total. The van der Waals surface area contributed by atoms with Crippen molar-refractivity contribution in [2.45, 2.75) is 45.1 Å². The van der Waals surface area contributed by atoms with Gasteiger partial charge in [0.2, 0.25) is 0 Å². The fourth-order valence-corrected chi connectivity index (χ4v) is 2.93. The van der Waals surface area contributed by atoms with Crippen LogP contribution in [0, 0.1) is 5.92 Å². The van der Waals surface area contributed by atoms with Crippen LogP contribution in [0.4, 0.5) is 5.82 Å². The highest BCUT2D eigenvalue weighted by Crippen LogP contribution is 2.31. The number of oxime groups is 1. The number of hydrogen-bond acceptors (Lipinski definition) is 5. The van der Waals surface area contributed by atoms with Crippen LogP contribution >= 0.6 is 0 Å². The SMILES string of the molecule is CCC1CCC(N(C)c2nccnc2C(N)=NO)CC1. The summed E-state index contributed by atoms with van der Waals surface area (Å²) in [4.78, 5) is 10.6. The van der Waals surface area contributed by atoms with Crippen molar-refractivity contribution in [1.82, 2.24) is 9.97 Å². The molecule has 1 aromatic rings. The highest BCUT2D eigenvalue weighted by atomic mass is 16.4. The average molecular weight is 277 g/mol. The minimum absolute atomic E-state index is 0.00203. The Morgan fingerprint density at radius 2 is 2.00 bits per heavy atom. The van der Waals surface area contributed by atoms with E-state index in [1.165, 1.54) is 19.3 Å². The van der Waals surface area contributed by atoms with Crippen molar-refractivity contribution >= 4 is 11.7 Å². The van der Waals surface area contributed by atoms with Crippen molar-refractivity contribution in [3.8, 4) is 0 Å². The van der Waals surface area contributed by atoms with Gasteiger partial charge in [-0.25, -0.2) is 9.97 Å². The van der Waals surface area contributed by atoms with Gasteiger partial charge < -0.3 is 15.8 Å². The molecule has 0 saturated heterocycles. The summed E-state index contributed by atoms with van der Waals surface area (Å²) in [6.45, 7) is 2.26. The van der Waals surface area contributed by atoms with Gasteiger partial charge in [-0.1, -0.05) is 18.5 Å². The monoisotopic (exact) mass is 277 g/mol. The van der Waals surface area contributed by atoms with Crippen LogP contribution in [0.5, 0.6) is 0 Å². The number of nitrogens with zero attached hydrogens (tertiary/aromatic N) is 4. The molecule has 0 radical (unpaired) electrons. The minimum atomic E-state index is 0.00203. The van der Waals surface area contributed by atoms with Gasteiger partial charge in [0.1, 0.15) is 0 Å². The summed E-state index contributed by atoms with van der Waals surface area (Å²) in [6.07, 6.45) is 9.27. The van der Waals surface area contributed by atoms with E-state index < -0.39 is 0 Å². The van der Waals surface area contributed by atoms with Gasteiger partial charge in [-0.15, -0.1) is 0 Å². The third-order valence-corrected chi connectivity index (χ3v) is 4.30. The third-order valence-electron chi connectivity index (χ3n) is 4.30. The van der Waals surface area contributed by atoms with Gasteiger partial charge in [0.15, 0.2) is 17.3 Å². The Labute approximate surface area is 119 Å². The molecule has 0 spiro atoms. The topological polar surface area (TPSA) is 87.6 Å². The fraction of sp³-hybridized carbons (Fsp3) is 0.643. The molecule has 6 nitrogen and oxygen atoms in total. The second kappa shape index (κ2) is 6.54. The zero-order valence-corrected chi connectivity index (χ0v) is 12.2. The lowest BCUT2D eigenvalue weighted by Gasteiger charge is -2.35. The van der Waals surface area contributed by atoms with Crippen LogP contribution in [-0.2, 0) is 0 Å². The van der Waals surface area contributed by atoms with Crippen molar-refractivity contribution in [3.05, 3.63) is 18.1 Å². The first kappa shape index (κ1) is 14.6. The zero-order chi connectivity index (χ0) is 14.5. The largest absolute Gasteiger partial charge is 0.409 e. The lowest BCUT2D eigenvalue weighted by molar-refractivity contribution is 0.312. The number of nitrogens with two attached hydrogens (primary N) is 1. The molecule has 1 aliphatic rings. The molecule has 2 rings (SSSR count). The van der Waals surface area contributed by atoms with Crippen LogP contribution in [0.25, 0.3) is 0 Å². The van der Waals surface area contributed by atoms with Crippen molar-refractivity contribution in [3.63, 3.8) is 0 Å². The molecule has 0 amide bonds. The number of anilines is 1. The minimum Gasteiger partial charge on any atom is -0.409 e. The first-order valence-corrected chi connectivity index (χ1v) is 7.19. The summed E-state index contributed by atoms with van der Waals surface area (Å²) in [5.74, 6) is 1.54. The van der Waals surface area contributed by atoms with Crippen LogP contribution in [0.15, 0.2) is 17.5 Å². The number of rotatable bonds is 4. The third kappa shape index (κ3) is 3.00. The van der Waals surface area contributed by atoms with Gasteiger partial charge in [-0.2, -0.15) is 0 Å². The highest BCUT2D eigenvalue weighted by molar-refractivity contribution is 5.99. The first-order chi connectivity index (χ1) is 9.67. The fourth-order valence-electron chi connectivity index (χ4n) is 2.93. The van der Waals surface area contributed by atoms with E-state index in [1.54, 1.807) is 12.4 Å². The van der Waals surface area contributed by atoms with Gasteiger partial charge in [-0.3, -0.25) is 0 Å². The van der Waals surface area contributed by atoms with E-state index in [0.717, 1.165) is 18.8 Å². The molecule has 1 saturated carbocycles. The number of amidine groups is 1. The normalized spacial score (nSPS) is 23.6. The Morgan fingerprint density at radius 1 is 1.35 bits per heavy atom. The Morgan fingerprint density at radius 3 is 2.60 bits per heavy atom. The van der Waals surface area contributed by atoms with Crippen LogP contribution in [0.3, 0.4) is 0 Å². The predicted molar refractivity (Wildman–Crippen MR) is 79.0 cm³/mol. The predicted octanol–water partition coefficient (Wildman–Crippen LogP) is 1.98. The standard InChI is InChI=1S/C14H23N5O/c1-3-10-4-6-11(7-5-10)19(2)14-12(13(15)18-20)16-8-9-17-14/h8-11,20H,3-7H2,1-2H3,(H2,15,18). The first-order valence-electron chi connectivity index (χ1n) is 7.19. The molecule has 20 heavy (non-hydrogen) atoms. The van der Waals surface area contributed by atoms with E-state index >= 15 is 0 Å². The molecule has 0 aromatic carbocycles. The molecule has 0 atom stereocenters. The zero-order valence-electron chi connectivity index (χ0n) is 12.2. The van der Waals surface area contributed by atoms with Crippen molar-refractivity contribution in [1.29, 1.82) is 0 Å². The molecule has 1 aromatic heterocycles. The van der Waals surface area contributed by atoms with E-state index in [2.05, 4.69) is 26.9 Å². The van der Waals surface area contributed by atoms with Gasteiger partial charge in [-0.05, 0) is 31.6 Å². The second-order valence-corrected chi connectivity index (χ2v) is 5.41. The molecule has 0 unspecified atom stereocenters. The summed E-state index contributed by atoms with van der Waals surface area (Å²) in [5, 5.41) is 11.9. The average Bonchev–Trinajstić information content (AvgIpc) is 2.53. The van der Waals surface area contributed by atoms with E-state index in [-0.39, 0.29) is 5.84 Å². The molecule has 1 heterocycles. The van der Waals surface area contributed by atoms with Crippen molar-refractivity contribution in [2.24, 2.45) is 16.8 Å². The smallest absolute Gasteiger partial charge is 0.192 e.